The van der Waals surface area contributed by atoms with Gasteiger partial charge >= 0.3 is 12.2 Å². The maximum Gasteiger partial charge on any atom is 0.420 e. The minimum absolute atomic E-state index is 0.0686. The van der Waals surface area contributed by atoms with E-state index in [2.05, 4.69) is 26.0 Å². The molecule has 1 aromatic carbocycles. The van der Waals surface area contributed by atoms with E-state index in [1.807, 2.05) is 82.6 Å². The molecule has 11 nitrogen and oxygen atoms in total. The largest absolute Gasteiger partial charge is 0.444 e. The number of imidazole rings is 1. The third kappa shape index (κ3) is 6.59. The first-order valence-electron chi connectivity index (χ1n) is 13.9. The van der Waals surface area contributed by atoms with Crippen molar-refractivity contribution in [2.45, 2.75) is 71.5 Å². The van der Waals surface area contributed by atoms with E-state index in [0.29, 0.717) is 34.7 Å². The first-order valence-corrected chi connectivity index (χ1v) is 14.7. The van der Waals surface area contributed by atoms with Gasteiger partial charge in [-0.1, -0.05) is 0 Å². The average Bonchev–Trinajstić information content (AvgIpc) is 3.58. The highest BCUT2D eigenvalue weighted by Gasteiger charge is 2.32. The number of anilines is 2. The van der Waals surface area contributed by atoms with Crippen molar-refractivity contribution in [1.29, 1.82) is 0 Å². The van der Waals surface area contributed by atoms with Gasteiger partial charge in [-0.3, -0.25) is 0 Å². The van der Waals surface area contributed by atoms with Gasteiger partial charge in [0.25, 0.3) is 0 Å². The molecule has 0 radical (unpaired) electrons. The quantitative estimate of drug-likeness (QED) is 0.240. The predicted molar refractivity (Wildman–Crippen MR) is 162 cm³/mol. The van der Waals surface area contributed by atoms with Gasteiger partial charge in [0.1, 0.15) is 17.0 Å². The van der Waals surface area contributed by atoms with Gasteiger partial charge in [0.05, 0.1) is 28.4 Å². The fourth-order valence-electron chi connectivity index (χ4n) is 4.84. The molecule has 222 valence electrons. The van der Waals surface area contributed by atoms with Gasteiger partial charge in [0, 0.05) is 43.2 Å². The first-order chi connectivity index (χ1) is 19.8. The van der Waals surface area contributed by atoms with Crippen LogP contribution in [0.15, 0.2) is 59.7 Å². The van der Waals surface area contributed by atoms with Gasteiger partial charge in [-0.25, -0.2) is 24.5 Å². The molecule has 3 aromatic heterocycles. The van der Waals surface area contributed by atoms with E-state index in [4.69, 9.17) is 14.5 Å². The number of piperidine rings is 1. The standard InChI is InChI=1S/C30H36BrN7O4/c1-29(2,3)41-27(39)35-14-7-8-20(18-35)24-16-25(38-26(34-24)23(31)17-33-38)37(28(40)42-30(4,5)6)22-11-9-21(10-12-22)36-15-13-32-19-36/h9-13,15-17,19-20H,7-8,14,18H2,1-6H3. The van der Waals surface area contributed by atoms with Crippen molar-refractivity contribution in [3.63, 3.8) is 0 Å². The summed E-state index contributed by atoms with van der Waals surface area (Å²) in [5, 5.41) is 4.53. The minimum atomic E-state index is -0.733. The fourth-order valence-corrected chi connectivity index (χ4v) is 5.19. The second kappa shape index (κ2) is 11.4. The second-order valence-corrected chi connectivity index (χ2v) is 13.2. The topological polar surface area (TPSA) is 107 Å². The number of aromatic nitrogens is 5. The summed E-state index contributed by atoms with van der Waals surface area (Å²) in [6.45, 7) is 12.1. The van der Waals surface area contributed by atoms with Crippen LogP contribution in [-0.2, 0) is 9.47 Å². The molecule has 4 aromatic rings. The number of rotatable bonds is 4. The Morgan fingerprint density at radius 1 is 1.05 bits per heavy atom. The number of likely N-dealkylation sites (tertiary alicyclic amines) is 1. The van der Waals surface area contributed by atoms with Gasteiger partial charge in [0.15, 0.2) is 5.65 Å². The zero-order valence-corrected chi connectivity index (χ0v) is 26.3. The summed E-state index contributed by atoms with van der Waals surface area (Å²) < 4.78 is 15.7. The lowest BCUT2D eigenvalue weighted by atomic mass is 9.94. The number of ether oxygens (including phenoxy) is 2. The number of amides is 2. The predicted octanol–water partition coefficient (Wildman–Crippen LogP) is 6.87. The minimum Gasteiger partial charge on any atom is -0.444 e. The lowest BCUT2D eigenvalue weighted by Crippen LogP contribution is -2.42. The monoisotopic (exact) mass is 637 g/mol. The Bertz CT molecular complexity index is 1570. The molecular weight excluding hydrogens is 602 g/mol. The summed E-state index contributed by atoms with van der Waals surface area (Å²) in [6.07, 6.45) is 7.67. The summed E-state index contributed by atoms with van der Waals surface area (Å²) in [5.74, 6) is 0.403. The van der Waals surface area contributed by atoms with Crippen LogP contribution in [0.25, 0.3) is 11.3 Å². The van der Waals surface area contributed by atoms with E-state index in [0.717, 1.165) is 24.2 Å². The molecule has 4 heterocycles. The van der Waals surface area contributed by atoms with E-state index >= 15 is 0 Å². The van der Waals surface area contributed by atoms with Crippen LogP contribution < -0.4 is 4.90 Å². The molecule has 1 unspecified atom stereocenters. The number of benzene rings is 1. The smallest absolute Gasteiger partial charge is 0.420 e. The van der Waals surface area contributed by atoms with Gasteiger partial charge in [-0.15, -0.1) is 0 Å². The van der Waals surface area contributed by atoms with E-state index in [-0.39, 0.29) is 12.0 Å². The van der Waals surface area contributed by atoms with Crippen molar-refractivity contribution < 1.29 is 19.1 Å². The first kappa shape index (κ1) is 29.6. The highest BCUT2D eigenvalue weighted by Crippen LogP contribution is 2.35. The van der Waals surface area contributed by atoms with Crippen LogP contribution in [0.1, 0.15) is 66.0 Å². The van der Waals surface area contributed by atoms with Crippen molar-refractivity contribution >= 4 is 45.3 Å². The van der Waals surface area contributed by atoms with Crippen molar-refractivity contribution in [2.24, 2.45) is 0 Å². The van der Waals surface area contributed by atoms with Gasteiger partial charge in [0.2, 0.25) is 0 Å². The molecule has 0 N–H and O–H groups in total. The molecule has 1 atom stereocenters. The number of halogens is 1. The van der Waals surface area contributed by atoms with E-state index < -0.39 is 17.3 Å². The number of hydrogen-bond donors (Lipinski definition) is 0. The number of carbonyl (C=O) groups excluding carboxylic acids is 2. The number of carbonyl (C=O) groups is 2. The Morgan fingerprint density at radius 2 is 1.76 bits per heavy atom. The maximum absolute atomic E-state index is 13.8. The van der Waals surface area contributed by atoms with Crippen LogP contribution in [-0.4, -0.2) is 65.5 Å². The molecule has 5 rings (SSSR count). The Morgan fingerprint density at radius 3 is 2.40 bits per heavy atom. The summed E-state index contributed by atoms with van der Waals surface area (Å²) in [5.41, 5.74) is 1.47. The zero-order chi connectivity index (χ0) is 30.2. The Balaban J connectivity index is 1.57. The fraction of sp³-hybridized carbons (Fsp3) is 0.433. The summed E-state index contributed by atoms with van der Waals surface area (Å²) in [4.78, 5) is 39.0. The van der Waals surface area contributed by atoms with Crippen LogP contribution in [0.3, 0.4) is 0 Å². The van der Waals surface area contributed by atoms with E-state index in [1.165, 1.54) is 4.90 Å². The van der Waals surface area contributed by atoms with Crippen molar-refractivity contribution in [3.05, 3.63) is 65.4 Å². The molecule has 1 saturated heterocycles. The molecule has 0 bridgehead atoms. The molecule has 0 spiro atoms. The molecule has 1 aliphatic rings. The number of fused-ring (bicyclic) bond motifs is 1. The van der Waals surface area contributed by atoms with E-state index in [1.54, 1.807) is 28.1 Å². The average molecular weight is 639 g/mol. The number of nitrogens with zero attached hydrogens (tertiary/aromatic N) is 7. The van der Waals surface area contributed by atoms with E-state index in [9.17, 15) is 9.59 Å². The highest BCUT2D eigenvalue weighted by molar-refractivity contribution is 9.10. The molecule has 42 heavy (non-hydrogen) atoms. The lowest BCUT2D eigenvalue weighted by Gasteiger charge is -2.34. The summed E-state index contributed by atoms with van der Waals surface area (Å²) in [7, 11) is 0. The lowest BCUT2D eigenvalue weighted by molar-refractivity contribution is 0.0197. The SMILES string of the molecule is CC(C)(C)OC(=O)N1CCCC(c2cc(N(C(=O)OC(C)(C)C)c3ccc(-n4ccnc4)cc3)n3ncc(Br)c3n2)C1. The highest BCUT2D eigenvalue weighted by atomic mass is 79.9. The Labute approximate surface area is 253 Å². The van der Waals surface area contributed by atoms with Crippen LogP contribution >= 0.6 is 15.9 Å². The van der Waals surface area contributed by atoms with Gasteiger partial charge in [-0.05, 0) is 94.6 Å². The molecule has 0 saturated carbocycles. The number of hydrogen-bond acceptors (Lipinski definition) is 7. The van der Waals surface area contributed by atoms with Crippen LogP contribution in [0.4, 0.5) is 21.1 Å². The molecular formula is C30H36BrN7O4. The van der Waals surface area contributed by atoms with Crippen molar-refractivity contribution in [2.75, 3.05) is 18.0 Å². The molecule has 1 fully saturated rings. The van der Waals surface area contributed by atoms with Crippen LogP contribution in [0, 0.1) is 0 Å². The molecule has 2 amide bonds. The van der Waals surface area contributed by atoms with Gasteiger partial charge < -0.3 is 18.9 Å². The molecule has 12 heteroatoms. The van der Waals surface area contributed by atoms with Crippen molar-refractivity contribution in [3.8, 4) is 5.69 Å². The normalized spacial score (nSPS) is 16.0. The van der Waals surface area contributed by atoms with Crippen LogP contribution in [0.5, 0.6) is 0 Å². The maximum atomic E-state index is 13.8. The van der Waals surface area contributed by atoms with Gasteiger partial charge in [-0.2, -0.15) is 9.61 Å². The summed E-state index contributed by atoms with van der Waals surface area (Å²) >= 11 is 3.58. The third-order valence-corrected chi connectivity index (χ3v) is 7.20. The molecule has 0 aliphatic carbocycles. The summed E-state index contributed by atoms with van der Waals surface area (Å²) in [6, 6.07) is 9.39. The second-order valence-electron chi connectivity index (χ2n) is 12.3. The van der Waals surface area contributed by atoms with Crippen LogP contribution in [0.2, 0.25) is 0 Å². The zero-order valence-electron chi connectivity index (χ0n) is 24.7. The van der Waals surface area contributed by atoms with Crippen molar-refractivity contribution in [1.82, 2.24) is 29.0 Å². The third-order valence-electron chi connectivity index (χ3n) is 6.64. The Kier molecular flexibility index (Phi) is 8.02. The Hall–Kier alpha value is -3.93. The molecule has 1 aliphatic heterocycles.